The van der Waals surface area contributed by atoms with Crippen LogP contribution in [-0.2, 0) is 18.3 Å². The van der Waals surface area contributed by atoms with E-state index in [1.54, 1.807) is 0 Å². The normalized spacial score (nSPS) is 15.3. The molecule has 0 spiro atoms. The molecule has 1 aliphatic carbocycles. The Labute approximate surface area is 160 Å². The van der Waals surface area contributed by atoms with Crippen LogP contribution in [0.3, 0.4) is 0 Å². The van der Waals surface area contributed by atoms with Gasteiger partial charge in [0.15, 0.2) is 5.16 Å². The molecule has 140 valence electrons. The third kappa shape index (κ3) is 4.87. The molecule has 5 nitrogen and oxygen atoms in total. The highest BCUT2D eigenvalue weighted by Gasteiger charge is 2.29. The first-order valence-electron chi connectivity index (χ1n) is 9.34. The molecule has 1 N–H and O–H groups in total. The van der Waals surface area contributed by atoms with Gasteiger partial charge >= 0.3 is 0 Å². The van der Waals surface area contributed by atoms with E-state index in [0.29, 0.717) is 17.6 Å². The number of thioether (sulfide) groups is 1. The van der Waals surface area contributed by atoms with Crippen LogP contribution in [0.5, 0.6) is 0 Å². The third-order valence-electron chi connectivity index (χ3n) is 4.64. The van der Waals surface area contributed by atoms with Crippen molar-refractivity contribution in [2.24, 2.45) is 13.0 Å². The second-order valence-electron chi connectivity index (χ2n) is 7.59. The van der Waals surface area contributed by atoms with Gasteiger partial charge in [-0.3, -0.25) is 4.79 Å². The molecule has 1 atom stereocenters. The Morgan fingerprint density at radius 1 is 1.23 bits per heavy atom. The summed E-state index contributed by atoms with van der Waals surface area (Å²) in [5.74, 6) is 2.63. The van der Waals surface area contributed by atoms with E-state index in [1.807, 2.05) is 18.5 Å². The lowest BCUT2D eigenvalue weighted by atomic mass is 10.00. The maximum absolute atomic E-state index is 12.3. The van der Waals surface area contributed by atoms with Crippen molar-refractivity contribution >= 4 is 17.7 Å². The zero-order valence-corrected chi connectivity index (χ0v) is 16.8. The van der Waals surface area contributed by atoms with E-state index in [9.17, 15) is 4.79 Å². The summed E-state index contributed by atoms with van der Waals surface area (Å²) in [6, 6.07) is 8.54. The smallest absolute Gasteiger partial charge is 0.230 e. The zero-order chi connectivity index (χ0) is 18.7. The van der Waals surface area contributed by atoms with Gasteiger partial charge in [0.1, 0.15) is 5.82 Å². The van der Waals surface area contributed by atoms with Crippen LogP contribution >= 0.6 is 11.8 Å². The number of amides is 1. The van der Waals surface area contributed by atoms with Crippen LogP contribution in [0.25, 0.3) is 0 Å². The van der Waals surface area contributed by atoms with Crippen molar-refractivity contribution in [1.29, 1.82) is 0 Å². The Morgan fingerprint density at radius 2 is 1.92 bits per heavy atom. The van der Waals surface area contributed by atoms with Crippen LogP contribution in [0, 0.1) is 5.92 Å². The van der Waals surface area contributed by atoms with Gasteiger partial charge in [0.05, 0.1) is 11.8 Å². The van der Waals surface area contributed by atoms with Crippen molar-refractivity contribution in [3.63, 3.8) is 0 Å². The lowest BCUT2D eigenvalue weighted by molar-refractivity contribution is -0.119. The fraction of sp³-hybridized carbons (Fsp3) is 0.550. The highest BCUT2D eigenvalue weighted by atomic mass is 32.2. The zero-order valence-electron chi connectivity index (χ0n) is 16.0. The monoisotopic (exact) mass is 372 g/mol. The average molecular weight is 373 g/mol. The first-order valence-corrected chi connectivity index (χ1v) is 10.3. The molecule has 0 saturated heterocycles. The van der Waals surface area contributed by atoms with Gasteiger partial charge in [0, 0.05) is 13.0 Å². The summed E-state index contributed by atoms with van der Waals surface area (Å²) in [6.07, 6.45) is 3.48. The Kier molecular flexibility index (Phi) is 6.01. The molecule has 6 heteroatoms. The fourth-order valence-electron chi connectivity index (χ4n) is 3.06. The summed E-state index contributed by atoms with van der Waals surface area (Å²) in [4.78, 5) is 12.3. The SMILES string of the molecule is CC(C)Cc1ccc([C@@H](C)NC(=O)CSc2nnc(C3CC3)n2C)cc1. The molecule has 1 aromatic carbocycles. The van der Waals surface area contributed by atoms with Crippen molar-refractivity contribution in [2.45, 2.75) is 57.1 Å². The molecule has 26 heavy (non-hydrogen) atoms. The molecule has 1 amide bonds. The van der Waals surface area contributed by atoms with Crippen LogP contribution in [0.2, 0.25) is 0 Å². The van der Waals surface area contributed by atoms with Gasteiger partial charge in [-0.25, -0.2) is 0 Å². The minimum Gasteiger partial charge on any atom is -0.349 e. The Morgan fingerprint density at radius 3 is 2.54 bits per heavy atom. The Bertz CT molecular complexity index is 750. The summed E-state index contributed by atoms with van der Waals surface area (Å²) in [5, 5.41) is 12.4. The van der Waals surface area contributed by atoms with E-state index in [2.05, 4.69) is 53.6 Å². The van der Waals surface area contributed by atoms with Crippen molar-refractivity contribution in [3.05, 3.63) is 41.2 Å². The van der Waals surface area contributed by atoms with Crippen LogP contribution < -0.4 is 5.32 Å². The van der Waals surface area contributed by atoms with Crippen LogP contribution in [-0.4, -0.2) is 26.4 Å². The lowest BCUT2D eigenvalue weighted by Gasteiger charge is -2.15. The first-order chi connectivity index (χ1) is 12.4. The average Bonchev–Trinajstić information content (AvgIpc) is 3.36. The Balaban J connectivity index is 1.49. The number of hydrogen-bond donors (Lipinski definition) is 1. The van der Waals surface area contributed by atoms with E-state index in [-0.39, 0.29) is 11.9 Å². The molecular weight excluding hydrogens is 344 g/mol. The van der Waals surface area contributed by atoms with Gasteiger partial charge < -0.3 is 9.88 Å². The second kappa shape index (κ2) is 8.25. The van der Waals surface area contributed by atoms with Crippen LogP contribution in [0.1, 0.15) is 62.5 Å². The van der Waals surface area contributed by atoms with Crippen LogP contribution in [0.4, 0.5) is 0 Å². The topological polar surface area (TPSA) is 59.8 Å². The predicted molar refractivity (Wildman–Crippen MR) is 105 cm³/mol. The summed E-state index contributed by atoms with van der Waals surface area (Å²) >= 11 is 1.44. The number of carbonyl (C=O) groups excluding carboxylic acids is 1. The number of hydrogen-bond acceptors (Lipinski definition) is 4. The first kappa shape index (κ1) is 19.0. The molecule has 0 bridgehead atoms. The Hall–Kier alpha value is -1.82. The molecule has 1 saturated carbocycles. The van der Waals surface area contributed by atoms with Crippen molar-refractivity contribution in [2.75, 3.05) is 5.75 Å². The molecule has 1 fully saturated rings. The van der Waals surface area contributed by atoms with Gasteiger partial charge in [0.2, 0.25) is 5.91 Å². The second-order valence-corrected chi connectivity index (χ2v) is 8.53. The van der Waals surface area contributed by atoms with Crippen LogP contribution in [0.15, 0.2) is 29.4 Å². The molecule has 2 aromatic rings. The molecule has 0 radical (unpaired) electrons. The maximum atomic E-state index is 12.3. The van der Waals surface area contributed by atoms with E-state index >= 15 is 0 Å². The van der Waals surface area contributed by atoms with Gasteiger partial charge in [-0.15, -0.1) is 10.2 Å². The van der Waals surface area contributed by atoms with E-state index in [0.717, 1.165) is 23.0 Å². The lowest BCUT2D eigenvalue weighted by Crippen LogP contribution is -2.28. The van der Waals surface area contributed by atoms with Gasteiger partial charge in [-0.05, 0) is 43.2 Å². The summed E-state index contributed by atoms with van der Waals surface area (Å²) in [6.45, 7) is 6.46. The minimum atomic E-state index is -0.00211. The summed E-state index contributed by atoms with van der Waals surface area (Å²) < 4.78 is 2.02. The molecule has 0 aliphatic heterocycles. The number of benzene rings is 1. The van der Waals surface area contributed by atoms with E-state index in [1.165, 1.54) is 30.2 Å². The highest BCUT2D eigenvalue weighted by Crippen LogP contribution is 2.39. The van der Waals surface area contributed by atoms with Gasteiger partial charge in [-0.2, -0.15) is 0 Å². The molecule has 3 rings (SSSR count). The predicted octanol–water partition coefficient (Wildman–Crippen LogP) is 3.86. The van der Waals surface area contributed by atoms with E-state index in [4.69, 9.17) is 0 Å². The van der Waals surface area contributed by atoms with E-state index < -0.39 is 0 Å². The number of rotatable bonds is 8. The fourth-order valence-corrected chi connectivity index (χ4v) is 3.79. The van der Waals surface area contributed by atoms with Crippen molar-refractivity contribution < 1.29 is 4.79 Å². The number of nitrogens with zero attached hydrogens (tertiary/aromatic N) is 3. The number of carbonyl (C=O) groups is 1. The molecule has 0 unspecified atom stereocenters. The minimum absolute atomic E-state index is 0.00211. The van der Waals surface area contributed by atoms with Gasteiger partial charge in [-0.1, -0.05) is 49.9 Å². The van der Waals surface area contributed by atoms with Crippen molar-refractivity contribution in [1.82, 2.24) is 20.1 Å². The number of nitrogens with one attached hydrogen (secondary N) is 1. The highest BCUT2D eigenvalue weighted by molar-refractivity contribution is 7.99. The molecule has 1 aromatic heterocycles. The quantitative estimate of drug-likeness (QED) is 0.715. The number of aromatic nitrogens is 3. The van der Waals surface area contributed by atoms with Gasteiger partial charge in [0.25, 0.3) is 0 Å². The largest absolute Gasteiger partial charge is 0.349 e. The molecule has 1 aliphatic rings. The molecular formula is C20H28N4OS. The van der Waals surface area contributed by atoms with Crippen molar-refractivity contribution in [3.8, 4) is 0 Å². The molecule has 1 heterocycles. The summed E-state index contributed by atoms with van der Waals surface area (Å²) in [7, 11) is 1.98. The standard InChI is InChI=1S/C20H28N4OS/c1-13(2)11-15-5-7-16(8-6-15)14(3)21-18(25)12-26-20-23-22-19(24(20)4)17-9-10-17/h5-8,13-14,17H,9-12H2,1-4H3,(H,21,25)/t14-/m1/s1. The third-order valence-corrected chi connectivity index (χ3v) is 5.66. The maximum Gasteiger partial charge on any atom is 0.230 e. The summed E-state index contributed by atoms with van der Waals surface area (Å²) in [5.41, 5.74) is 2.47.